The topological polar surface area (TPSA) is 45.4 Å². The highest BCUT2D eigenvalue weighted by Gasteiger charge is 2.02. The average Bonchev–Trinajstić information content (AvgIpc) is 2.48. The van der Waals surface area contributed by atoms with Gasteiger partial charge in [0.1, 0.15) is 0 Å². The molecule has 0 radical (unpaired) electrons. The fourth-order valence-electron chi connectivity index (χ4n) is 1.48. The number of hydrogen-bond donors (Lipinski definition) is 2. The summed E-state index contributed by atoms with van der Waals surface area (Å²) >= 11 is 0. The van der Waals surface area contributed by atoms with E-state index in [1.807, 2.05) is 41.1 Å². The molecular formula is C10H11NO2. The van der Waals surface area contributed by atoms with Crippen LogP contribution in [-0.2, 0) is 6.54 Å². The van der Waals surface area contributed by atoms with Gasteiger partial charge in [-0.2, -0.15) is 0 Å². The first kappa shape index (κ1) is 8.29. The number of benzene rings is 1. The molecule has 0 fully saturated rings. The molecule has 3 heteroatoms. The minimum Gasteiger partial charge on any atom is -0.367 e. The lowest BCUT2D eigenvalue weighted by Crippen LogP contribution is -2.13. The molecule has 0 saturated heterocycles. The maximum Gasteiger partial charge on any atom is 0.169 e. The average molecular weight is 177 g/mol. The first-order valence-electron chi connectivity index (χ1n) is 4.17. The summed E-state index contributed by atoms with van der Waals surface area (Å²) in [6, 6.07) is 9.80. The van der Waals surface area contributed by atoms with Crippen LogP contribution in [0.3, 0.4) is 0 Å². The predicted octanol–water partition coefficient (Wildman–Crippen LogP) is 0.952. The first-order valence-corrected chi connectivity index (χ1v) is 4.17. The molecule has 3 nitrogen and oxygen atoms in total. The van der Waals surface area contributed by atoms with Crippen molar-refractivity contribution in [3.05, 3.63) is 36.5 Å². The van der Waals surface area contributed by atoms with Crippen molar-refractivity contribution in [2.45, 2.75) is 12.8 Å². The van der Waals surface area contributed by atoms with Gasteiger partial charge in [0.05, 0.1) is 6.54 Å². The van der Waals surface area contributed by atoms with E-state index in [1.54, 1.807) is 0 Å². The Balaban J connectivity index is 2.46. The molecule has 1 aromatic heterocycles. The van der Waals surface area contributed by atoms with Crippen LogP contribution in [0.1, 0.15) is 0 Å². The summed E-state index contributed by atoms with van der Waals surface area (Å²) < 4.78 is 1.82. The lowest BCUT2D eigenvalue weighted by molar-refractivity contribution is -0.0504. The molecule has 2 N–H and O–H groups in total. The SMILES string of the molecule is OC(O)Cn1ccc2ccccc21. The van der Waals surface area contributed by atoms with Gasteiger partial charge in [-0.1, -0.05) is 18.2 Å². The minimum absolute atomic E-state index is 0.216. The van der Waals surface area contributed by atoms with Gasteiger partial charge in [-0.25, -0.2) is 0 Å². The second-order valence-electron chi connectivity index (χ2n) is 3.01. The maximum absolute atomic E-state index is 8.82. The highest BCUT2D eigenvalue weighted by molar-refractivity contribution is 5.79. The molecule has 0 atom stereocenters. The second kappa shape index (κ2) is 3.20. The van der Waals surface area contributed by atoms with E-state index in [0.717, 1.165) is 10.9 Å². The summed E-state index contributed by atoms with van der Waals surface area (Å²) in [5.74, 6) is 0. The van der Waals surface area contributed by atoms with E-state index in [-0.39, 0.29) is 6.54 Å². The first-order chi connectivity index (χ1) is 6.27. The maximum atomic E-state index is 8.82. The van der Waals surface area contributed by atoms with E-state index in [4.69, 9.17) is 10.2 Å². The van der Waals surface area contributed by atoms with Crippen LogP contribution in [0.5, 0.6) is 0 Å². The molecule has 0 amide bonds. The molecule has 1 heterocycles. The van der Waals surface area contributed by atoms with E-state index in [2.05, 4.69) is 0 Å². The number of hydrogen-bond acceptors (Lipinski definition) is 2. The van der Waals surface area contributed by atoms with E-state index in [0.29, 0.717) is 0 Å². The summed E-state index contributed by atoms with van der Waals surface area (Å²) in [5, 5.41) is 18.8. The Hall–Kier alpha value is -1.32. The van der Waals surface area contributed by atoms with Crippen molar-refractivity contribution in [2.24, 2.45) is 0 Å². The van der Waals surface area contributed by atoms with Crippen molar-refractivity contribution >= 4 is 10.9 Å². The zero-order valence-electron chi connectivity index (χ0n) is 7.09. The summed E-state index contributed by atoms with van der Waals surface area (Å²) in [7, 11) is 0. The van der Waals surface area contributed by atoms with Crippen LogP contribution in [0.4, 0.5) is 0 Å². The van der Waals surface area contributed by atoms with Gasteiger partial charge in [0.25, 0.3) is 0 Å². The zero-order valence-corrected chi connectivity index (χ0v) is 7.09. The Bertz CT molecular complexity index is 406. The molecule has 0 unspecified atom stereocenters. The monoisotopic (exact) mass is 177 g/mol. The molecule has 2 rings (SSSR count). The van der Waals surface area contributed by atoms with Crippen molar-refractivity contribution in [3.63, 3.8) is 0 Å². The van der Waals surface area contributed by atoms with Crippen LogP contribution in [0, 0.1) is 0 Å². The van der Waals surface area contributed by atoms with E-state index in [1.165, 1.54) is 0 Å². The third-order valence-electron chi connectivity index (χ3n) is 2.04. The predicted molar refractivity (Wildman–Crippen MR) is 50.2 cm³/mol. The summed E-state index contributed by atoms with van der Waals surface area (Å²) in [6.07, 6.45) is 0.556. The molecule has 0 saturated carbocycles. The normalized spacial score (nSPS) is 11.3. The molecule has 0 aliphatic carbocycles. The van der Waals surface area contributed by atoms with Crippen LogP contribution >= 0.6 is 0 Å². The van der Waals surface area contributed by atoms with Gasteiger partial charge in [0.15, 0.2) is 6.29 Å². The molecule has 2 aromatic rings. The summed E-state index contributed by atoms with van der Waals surface area (Å²) in [6.45, 7) is 0.216. The van der Waals surface area contributed by atoms with Gasteiger partial charge < -0.3 is 14.8 Å². The number of aliphatic hydroxyl groups is 2. The fourth-order valence-corrected chi connectivity index (χ4v) is 1.48. The number of rotatable bonds is 2. The second-order valence-corrected chi connectivity index (χ2v) is 3.01. The zero-order chi connectivity index (χ0) is 9.26. The Labute approximate surface area is 75.9 Å². The molecule has 0 aliphatic rings. The number of para-hydroxylation sites is 1. The number of aliphatic hydroxyl groups excluding tert-OH is 1. The van der Waals surface area contributed by atoms with E-state index >= 15 is 0 Å². The van der Waals surface area contributed by atoms with Crippen molar-refractivity contribution < 1.29 is 10.2 Å². The van der Waals surface area contributed by atoms with Crippen LogP contribution in [-0.4, -0.2) is 21.1 Å². The van der Waals surface area contributed by atoms with Crippen LogP contribution in [0.15, 0.2) is 36.5 Å². The van der Waals surface area contributed by atoms with Gasteiger partial charge in [-0.15, -0.1) is 0 Å². The fraction of sp³-hybridized carbons (Fsp3) is 0.200. The van der Waals surface area contributed by atoms with Crippen molar-refractivity contribution in [1.82, 2.24) is 4.57 Å². The van der Waals surface area contributed by atoms with Gasteiger partial charge >= 0.3 is 0 Å². The van der Waals surface area contributed by atoms with Crippen molar-refractivity contribution in [1.29, 1.82) is 0 Å². The molecule has 1 aromatic carbocycles. The Morgan fingerprint density at radius 3 is 2.69 bits per heavy atom. The van der Waals surface area contributed by atoms with Crippen molar-refractivity contribution in [2.75, 3.05) is 0 Å². The molecule has 68 valence electrons. The quantitative estimate of drug-likeness (QED) is 0.671. The van der Waals surface area contributed by atoms with Crippen LogP contribution < -0.4 is 0 Å². The Morgan fingerprint density at radius 1 is 1.15 bits per heavy atom. The van der Waals surface area contributed by atoms with Gasteiger partial charge in [0, 0.05) is 11.7 Å². The van der Waals surface area contributed by atoms with Gasteiger partial charge in [-0.05, 0) is 17.5 Å². The number of nitrogens with zero attached hydrogens (tertiary/aromatic N) is 1. The van der Waals surface area contributed by atoms with E-state index < -0.39 is 6.29 Å². The number of aromatic nitrogens is 1. The lowest BCUT2D eigenvalue weighted by Gasteiger charge is -2.06. The van der Waals surface area contributed by atoms with Crippen LogP contribution in [0.25, 0.3) is 10.9 Å². The largest absolute Gasteiger partial charge is 0.367 e. The van der Waals surface area contributed by atoms with Crippen LogP contribution in [0.2, 0.25) is 0 Å². The molecular weight excluding hydrogens is 166 g/mol. The molecule has 13 heavy (non-hydrogen) atoms. The Kier molecular flexibility index (Phi) is 2.04. The highest BCUT2D eigenvalue weighted by Crippen LogP contribution is 2.14. The highest BCUT2D eigenvalue weighted by atomic mass is 16.5. The summed E-state index contributed by atoms with van der Waals surface area (Å²) in [4.78, 5) is 0. The standard InChI is InChI=1S/C10H11NO2/c12-10(13)7-11-6-5-8-3-1-2-4-9(8)11/h1-6,10,12-13H,7H2. The minimum atomic E-state index is -1.30. The Morgan fingerprint density at radius 2 is 1.92 bits per heavy atom. The van der Waals surface area contributed by atoms with E-state index in [9.17, 15) is 0 Å². The molecule has 0 bridgehead atoms. The van der Waals surface area contributed by atoms with Crippen molar-refractivity contribution in [3.8, 4) is 0 Å². The third kappa shape index (κ3) is 1.56. The third-order valence-corrected chi connectivity index (χ3v) is 2.04. The molecule has 0 spiro atoms. The number of fused-ring (bicyclic) bond motifs is 1. The lowest BCUT2D eigenvalue weighted by atomic mass is 10.2. The smallest absolute Gasteiger partial charge is 0.169 e. The van der Waals surface area contributed by atoms with Gasteiger partial charge in [0.2, 0.25) is 0 Å². The van der Waals surface area contributed by atoms with Gasteiger partial charge in [-0.3, -0.25) is 0 Å². The summed E-state index contributed by atoms with van der Waals surface area (Å²) in [5.41, 5.74) is 1.02. The molecule has 0 aliphatic heterocycles.